The van der Waals surface area contributed by atoms with Crippen LogP contribution in [0.2, 0.25) is 0 Å². The van der Waals surface area contributed by atoms with E-state index in [0.29, 0.717) is 5.92 Å². The first kappa shape index (κ1) is 22.8. The monoisotopic (exact) mass is 475 g/mol. The summed E-state index contributed by atoms with van der Waals surface area (Å²) in [4.78, 5) is 2.37. The predicted molar refractivity (Wildman–Crippen MR) is 158 cm³/mol. The molecule has 0 aromatic heterocycles. The lowest BCUT2D eigenvalue weighted by atomic mass is 9.92. The predicted octanol–water partition coefficient (Wildman–Crippen LogP) is 10.1. The Morgan fingerprint density at radius 1 is 0.486 bits per heavy atom. The van der Waals surface area contributed by atoms with E-state index < -0.39 is 0 Å². The molecule has 1 aliphatic carbocycles. The quantitative estimate of drug-likeness (QED) is 0.236. The minimum absolute atomic E-state index is 0.439. The molecule has 0 amide bonds. The van der Waals surface area contributed by atoms with Crippen LogP contribution >= 0.6 is 0 Å². The second-order valence-electron chi connectivity index (χ2n) is 9.38. The second-order valence-corrected chi connectivity index (χ2v) is 9.38. The standard InChI is InChI=1S/C36H29N/c1-4-12-28(13-5-1)30-20-24-33(25-21-30)37(34-26-22-31(23-27-34)29-14-6-2-7-15-29)36-19-11-10-18-35(36)32-16-8-3-9-17-32/h1-14,16-27,29H,15H2. The molecule has 0 radical (unpaired) electrons. The minimum Gasteiger partial charge on any atom is -0.310 e. The largest absolute Gasteiger partial charge is 0.310 e. The Bertz CT molecular complexity index is 1510. The van der Waals surface area contributed by atoms with Crippen molar-refractivity contribution >= 4 is 17.1 Å². The Morgan fingerprint density at radius 2 is 1.05 bits per heavy atom. The molecular weight excluding hydrogens is 446 g/mol. The van der Waals surface area contributed by atoms with Gasteiger partial charge in [0, 0.05) is 22.9 Å². The van der Waals surface area contributed by atoms with Gasteiger partial charge in [0.1, 0.15) is 0 Å². The van der Waals surface area contributed by atoms with Gasteiger partial charge < -0.3 is 4.90 Å². The highest BCUT2D eigenvalue weighted by molar-refractivity contribution is 5.88. The van der Waals surface area contributed by atoms with Gasteiger partial charge in [0.25, 0.3) is 0 Å². The molecule has 5 aromatic carbocycles. The Hall–Kier alpha value is -4.62. The van der Waals surface area contributed by atoms with Crippen molar-refractivity contribution in [3.8, 4) is 22.3 Å². The summed E-state index contributed by atoms with van der Waals surface area (Å²) in [6.45, 7) is 0. The summed E-state index contributed by atoms with van der Waals surface area (Å²) < 4.78 is 0. The van der Waals surface area contributed by atoms with Gasteiger partial charge in [0.15, 0.2) is 0 Å². The smallest absolute Gasteiger partial charge is 0.0540 e. The van der Waals surface area contributed by atoms with Gasteiger partial charge in [-0.2, -0.15) is 0 Å². The molecule has 1 unspecified atom stereocenters. The number of allylic oxidation sites excluding steroid dienone is 4. The average Bonchev–Trinajstić information content (AvgIpc) is 3.00. The third-order valence-electron chi connectivity index (χ3n) is 7.02. The van der Waals surface area contributed by atoms with Gasteiger partial charge in [-0.1, -0.05) is 127 Å². The van der Waals surface area contributed by atoms with Crippen LogP contribution in [-0.2, 0) is 0 Å². The molecule has 0 saturated heterocycles. The highest BCUT2D eigenvalue weighted by Gasteiger charge is 2.18. The van der Waals surface area contributed by atoms with Crippen LogP contribution < -0.4 is 4.90 Å². The van der Waals surface area contributed by atoms with Gasteiger partial charge in [0.05, 0.1) is 5.69 Å². The molecule has 0 heterocycles. The lowest BCUT2D eigenvalue weighted by Gasteiger charge is -2.28. The summed E-state index contributed by atoms with van der Waals surface area (Å²) in [5.41, 5.74) is 9.65. The molecule has 37 heavy (non-hydrogen) atoms. The molecule has 1 aliphatic rings. The van der Waals surface area contributed by atoms with Gasteiger partial charge >= 0.3 is 0 Å². The molecule has 0 bridgehead atoms. The summed E-state index contributed by atoms with van der Waals surface area (Å²) in [5.74, 6) is 0.439. The van der Waals surface area contributed by atoms with Crippen LogP contribution in [-0.4, -0.2) is 0 Å². The maximum Gasteiger partial charge on any atom is 0.0540 e. The van der Waals surface area contributed by atoms with Crippen LogP contribution in [0.5, 0.6) is 0 Å². The summed E-state index contributed by atoms with van der Waals surface area (Å²) >= 11 is 0. The van der Waals surface area contributed by atoms with E-state index in [4.69, 9.17) is 0 Å². The van der Waals surface area contributed by atoms with Crippen molar-refractivity contribution < 1.29 is 0 Å². The van der Waals surface area contributed by atoms with Gasteiger partial charge in [-0.05, 0) is 59.0 Å². The molecule has 5 aromatic rings. The number of anilines is 3. The molecule has 1 nitrogen and oxygen atoms in total. The number of nitrogens with zero attached hydrogens (tertiary/aromatic N) is 1. The van der Waals surface area contributed by atoms with Crippen molar-refractivity contribution in [2.75, 3.05) is 4.90 Å². The summed E-state index contributed by atoms with van der Waals surface area (Å²) in [6, 6.07) is 47.8. The number of benzene rings is 5. The van der Waals surface area contributed by atoms with Gasteiger partial charge in [-0.25, -0.2) is 0 Å². The molecule has 0 N–H and O–H groups in total. The van der Waals surface area contributed by atoms with Crippen molar-refractivity contribution in [2.24, 2.45) is 0 Å². The highest BCUT2D eigenvalue weighted by Crippen LogP contribution is 2.41. The number of para-hydroxylation sites is 1. The molecule has 1 atom stereocenters. The van der Waals surface area contributed by atoms with Crippen molar-refractivity contribution in [3.63, 3.8) is 0 Å². The lowest BCUT2D eigenvalue weighted by molar-refractivity contribution is 0.854. The fourth-order valence-corrected chi connectivity index (χ4v) is 5.09. The molecule has 0 fully saturated rings. The molecule has 178 valence electrons. The molecule has 0 saturated carbocycles. The van der Waals surface area contributed by atoms with Crippen LogP contribution in [0.15, 0.2) is 158 Å². The van der Waals surface area contributed by atoms with Gasteiger partial charge in [-0.15, -0.1) is 0 Å². The zero-order chi connectivity index (χ0) is 24.9. The first-order valence-electron chi connectivity index (χ1n) is 12.9. The lowest BCUT2D eigenvalue weighted by Crippen LogP contribution is -2.11. The highest BCUT2D eigenvalue weighted by atomic mass is 15.1. The van der Waals surface area contributed by atoms with Gasteiger partial charge in [0.2, 0.25) is 0 Å². The van der Waals surface area contributed by atoms with E-state index >= 15 is 0 Å². The number of hydrogen-bond acceptors (Lipinski definition) is 1. The molecule has 1 heteroatoms. The van der Waals surface area contributed by atoms with E-state index in [1.54, 1.807) is 0 Å². The third-order valence-corrected chi connectivity index (χ3v) is 7.02. The minimum atomic E-state index is 0.439. The topological polar surface area (TPSA) is 3.24 Å². The average molecular weight is 476 g/mol. The maximum atomic E-state index is 2.37. The van der Waals surface area contributed by atoms with E-state index in [1.807, 2.05) is 0 Å². The fourth-order valence-electron chi connectivity index (χ4n) is 5.09. The Balaban J connectivity index is 1.44. The van der Waals surface area contributed by atoms with E-state index in [9.17, 15) is 0 Å². The summed E-state index contributed by atoms with van der Waals surface area (Å²) in [7, 11) is 0. The molecule has 0 spiro atoms. The third kappa shape index (κ3) is 4.90. The molecule has 6 rings (SSSR count). The molecular formula is C36H29N. The van der Waals surface area contributed by atoms with Crippen LogP contribution in [0.1, 0.15) is 17.9 Å². The van der Waals surface area contributed by atoms with Crippen molar-refractivity contribution in [2.45, 2.75) is 12.3 Å². The Morgan fingerprint density at radius 3 is 1.70 bits per heavy atom. The molecule has 0 aliphatic heterocycles. The van der Waals surface area contributed by atoms with Crippen LogP contribution in [0.25, 0.3) is 22.3 Å². The van der Waals surface area contributed by atoms with Crippen molar-refractivity contribution in [1.82, 2.24) is 0 Å². The van der Waals surface area contributed by atoms with Crippen molar-refractivity contribution in [3.05, 3.63) is 163 Å². The first-order valence-corrected chi connectivity index (χ1v) is 12.9. The zero-order valence-electron chi connectivity index (χ0n) is 20.7. The first-order chi connectivity index (χ1) is 18.4. The zero-order valence-corrected chi connectivity index (χ0v) is 20.7. The summed E-state index contributed by atoms with van der Waals surface area (Å²) in [5, 5.41) is 0. The van der Waals surface area contributed by atoms with Crippen molar-refractivity contribution in [1.29, 1.82) is 0 Å². The summed E-state index contributed by atoms with van der Waals surface area (Å²) in [6.07, 6.45) is 9.87. The number of hydrogen-bond donors (Lipinski definition) is 0. The Labute approximate surface area is 219 Å². The van der Waals surface area contributed by atoms with Crippen LogP contribution in [0.4, 0.5) is 17.1 Å². The van der Waals surface area contributed by atoms with Crippen LogP contribution in [0.3, 0.4) is 0 Å². The van der Waals surface area contributed by atoms with E-state index in [0.717, 1.165) is 23.5 Å². The SMILES string of the molecule is C1=CCC(c2ccc(N(c3ccc(-c4ccccc4)cc3)c3ccccc3-c3ccccc3)cc2)C=C1. The van der Waals surface area contributed by atoms with E-state index in [-0.39, 0.29) is 0 Å². The van der Waals surface area contributed by atoms with Crippen LogP contribution in [0, 0.1) is 0 Å². The fraction of sp³-hybridized carbons (Fsp3) is 0.0556. The normalized spacial score (nSPS) is 14.4. The second kappa shape index (κ2) is 10.6. The van der Waals surface area contributed by atoms with Gasteiger partial charge in [-0.3, -0.25) is 0 Å². The Kier molecular flexibility index (Phi) is 6.51. The van der Waals surface area contributed by atoms with E-state index in [2.05, 4.69) is 163 Å². The maximum absolute atomic E-state index is 2.37. The van der Waals surface area contributed by atoms with E-state index in [1.165, 1.54) is 27.8 Å². The number of rotatable bonds is 6.